The highest BCUT2D eigenvalue weighted by atomic mass is 19.1. The van der Waals surface area contributed by atoms with Crippen LogP contribution in [0.25, 0.3) is 0 Å². The molecule has 0 aliphatic carbocycles. The molecule has 1 unspecified atom stereocenters. The Kier molecular flexibility index (Phi) is 3.29. The normalized spacial score (nSPS) is 20.8. The third-order valence-electron chi connectivity index (χ3n) is 2.84. The molecule has 86 valence electrons. The van der Waals surface area contributed by atoms with Crippen molar-refractivity contribution < 1.29 is 13.6 Å². The first-order chi connectivity index (χ1) is 7.70. The fourth-order valence-corrected chi connectivity index (χ4v) is 1.98. The number of piperidine rings is 1. The Morgan fingerprint density at radius 1 is 1.25 bits per heavy atom. The van der Waals surface area contributed by atoms with Crippen molar-refractivity contribution in [1.82, 2.24) is 5.32 Å². The summed E-state index contributed by atoms with van der Waals surface area (Å²) in [5, 5.41) is 2.99. The molecule has 0 radical (unpaired) electrons. The lowest BCUT2D eigenvalue weighted by molar-refractivity contribution is 0.0918. The summed E-state index contributed by atoms with van der Waals surface area (Å²) in [5.41, 5.74) is -0.415. The van der Waals surface area contributed by atoms with Crippen molar-refractivity contribution in [3.05, 3.63) is 35.4 Å². The minimum Gasteiger partial charge on any atom is -0.307 e. The molecule has 0 spiro atoms. The molecule has 0 amide bonds. The van der Waals surface area contributed by atoms with Gasteiger partial charge in [-0.25, -0.2) is 8.78 Å². The molecule has 4 heteroatoms. The number of Topliss-reactive ketones (excluding diaryl/α,β-unsaturated/α-hetero) is 1. The zero-order valence-corrected chi connectivity index (χ0v) is 8.80. The first-order valence-corrected chi connectivity index (χ1v) is 5.42. The molecule has 0 aromatic heterocycles. The topological polar surface area (TPSA) is 29.1 Å². The molecule has 2 rings (SSSR count). The molecule has 1 N–H and O–H groups in total. The van der Waals surface area contributed by atoms with Crippen LogP contribution in [-0.2, 0) is 0 Å². The van der Waals surface area contributed by atoms with Gasteiger partial charge in [0.2, 0.25) is 0 Å². The first kappa shape index (κ1) is 11.2. The van der Waals surface area contributed by atoms with E-state index in [0.29, 0.717) is 6.42 Å². The Balaban J connectivity index is 2.26. The molecule has 1 aromatic carbocycles. The predicted molar refractivity (Wildman–Crippen MR) is 56.3 cm³/mol. The van der Waals surface area contributed by atoms with Crippen LogP contribution >= 0.6 is 0 Å². The summed E-state index contributed by atoms with van der Waals surface area (Å²) in [7, 11) is 0. The fraction of sp³-hybridized carbons (Fsp3) is 0.417. The van der Waals surface area contributed by atoms with Crippen LogP contribution < -0.4 is 5.32 Å². The molecule has 1 atom stereocenters. The SMILES string of the molecule is O=C(c1c(F)cccc1F)C1CCCCN1. The molecular weight excluding hydrogens is 212 g/mol. The van der Waals surface area contributed by atoms with Crippen molar-refractivity contribution >= 4 is 5.78 Å². The number of carbonyl (C=O) groups is 1. The summed E-state index contributed by atoms with van der Waals surface area (Å²) in [5.74, 6) is -2.04. The van der Waals surface area contributed by atoms with Gasteiger partial charge >= 0.3 is 0 Å². The van der Waals surface area contributed by atoms with Crippen LogP contribution in [0.15, 0.2) is 18.2 Å². The van der Waals surface area contributed by atoms with Gasteiger partial charge in [0.25, 0.3) is 0 Å². The van der Waals surface area contributed by atoms with E-state index in [1.54, 1.807) is 0 Å². The fourth-order valence-electron chi connectivity index (χ4n) is 1.98. The number of benzene rings is 1. The van der Waals surface area contributed by atoms with Gasteiger partial charge < -0.3 is 5.32 Å². The Bertz CT molecular complexity index is 380. The second-order valence-corrected chi connectivity index (χ2v) is 3.96. The van der Waals surface area contributed by atoms with E-state index < -0.39 is 29.0 Å². The maximum atomic E-state index is 13.4. The molecule has 2 nitrogen and oxygen atoms in total. The van der Waals surface area contributed by atoms with E-state index in [2.05, 4.69) is 5.32 Å². The molecule has 0 saturated carbocycles. The van der Waals surface area contributed by atoms with Crippen LogP contribution in [0.3, 0.4) is 0 Å². The van der Waals surface area contributed by atoms with Crippen molar-refractivity contribution in [3.8, 4) is 0 Å². The second-order valence-electron chi connectivity index (χ2n) is 3.96. The molecule has 1 fully saturated rings. The van der Waals surface area contributed by atoms with Gasteiger partial charge in [0.05, 0.1) is 11.6 Å². The highest BCUT2D eigenvalue weighted by Gasteiger charge is 2.26. The van der Waals surface area contributed by atoms with E-state index in [1.807, 2.05) is 0 Å². The Hall–Kier alpha value is -1.29. The average Bonchev–Trinajstić information content (AvgIpc) is 2.30. The number of rotatable bonds is 2. The van der Waals surface area contributed by atoms with Gasteiger partial charge in [-0.3, -0.25) is 4.79 Å². The molecule has 16 heavy (non-hydrogen) atoms. The lowest BCUT2D eigenvalue weighted by atomic mass is 9.96. The largest absolute Gasteiger partial charge is 0.307 e. The first-order valence-electron chi connectivity index (χ1n) is 5.42. The third-order valence-corrected chi connectivity index (χ3v) is 2.84. The number of hydrogen-bond acceptors (Lipinski definition) is 2. The van der Waals surface area contributed by atoms with Crippen molar-refractivity contribution in [2.75, 3.05) is 6.54 Å². The van der Waals surface area contributed by atoms with Crippen LogP contribution in [0.1, 0.15) is 29.6 Å². The van der Waals surface area contributed by atoms with Crippen molar-refractivity contribution in [1.29, 1.82) is 0 Å². The van der Waals surface area contributed by atoms with Gasteiger partial charge in [-0.2, -0.15) is 0 Å². The molecule has 1 saturated heterocycles. The predicted octanol–water partition coefficient (Wildman–Crippen LogP) is 2.29. The molecular formula is C12H13F2NO. The van der Waals surface area contributed by atoms with Crippen LogP contribution in [0, 0.1) is 11.6 Å². The van der Waals surface area contributed by atoms with Gasteiger partial charge in [-0.15, -0.1) is 0 Å². The van der Waals surface area contributed by atoms with Crippen molar-refractivity contribution in [3.63, 3.8) is 0 Å². The van der Waals surface area contributed by atoms with E-state index in [0.717, 1.165) is 31.5 Å². The van der Waals surface area contributed by atoms with Gasteiger partial charge in [0.15, 0.2) is 5.78 Å². The highest BCUT2D eigenvalue weighted by Crippen LogP contribution is 2.18. The zero-order valence-electron chi connectivity index (χ0n) is 8.80. The lowest BCUT2D eigenvalue weighted by Crippen LogP contribution is -2.41. The Morgan fingerprint density at radius 3 is 2.50 bits per heavy atom. The monoisotopic (exact) mass is 225 g/mol. The quantitative estimate of drug-likeness (QED) is 0.782. The average molecular weight is 225 g/mol. The number of ketones is 1. The van der Waals surface area contributed by atoms with Crippen LogP contribution in [0.2, 0.25) is 0 Å². The second kappa shape index (κ2) is 4.70. The minimum absolute atomic E-state index is 0.415. The summed E-state index contributed by atoms with van der Waals surface area (Å²) < 4.78 is 26.7. The summed E-state index contributed by atoms with van der Waals surface area (Å²) >= 11 is 0. The van der Waals surface area contributed by atoms with E-state index in [-0.39, 0.29) is 0 Å². The Morgan fingerprint density at radius 2 is 1.94 bits per heavy atom. The summed E-state index contributed by atoms with van der Waals surface area (Å²) in [6, 6.07) is 3.04. The standard InChI is InChI=1S/C12H13F2NO/c13-8-4-3-5-9(14)11(8)12(16)10-6-1-2-7-15-10/h3-5,10,15H,1-2,6-7H2. The third kappa shape index (κ3) is 2.11. The van der Waals surface area contributed by atoms with Gasteiger partial charge in [-0.05, 0) is 31.5 Å². The number of hydrogen-bond donors (Lipinski definition) is 1. The van der Waals surface area contributed by atoms with Crippen molar-refractivity contribution in [2.45, 2.75) is 25.3 Å². The van der Waals surface area contributed by atoms with Crippen LogP contribution in [-0.4, -0.2) is 18.4 Å². The van der Waals surface area contributed by atoms with E-state index in [4.69, 9.17) is 0 Å². The highest BCUT2D eigenvalue weighted by molar-refractivity contribution is 6.00. The summed E-state index contributed by atoms with van der Waals surface area (Å²) in [4.78, 5) is 11.9. The van der Waals surface area contributed by atoms with Crippen molar-refractivity contribution in [2.24, 2.45) is 0 Å². The van der Waals surface area contributed by atoms with E-state index in [1.165, 1.54) is 6.07 Å². The molecule has 1 aliphatic rings. The number of nitrogens with one attached hydrogen (secondary N) is 1. The van der Waals surface area contributed by atoms with Gasteiger partial charge in [0.1, 0.15) is 11.6 Å². The van der Waals surface area contributed by atoms with Gasteiger partial charge in [-0.1, -0.05) is 12.5 Å². The zero-order chi connectivity index (χ0) is 11.5. The van der Waals surface area contributed by atoms with Crippen LogP contribution in [0.4, 0.5) is 8.78 Å². The van der Waals surface area contributed by atoms with Crippen LogP contribution in [0.5, 0.6) is 0 Å². The maximum absolute atomic E-state index is 13.4. The summed E-state index contributed by atoms with van der Waals surface area (Å²) in [6.45, 7) is 0.729. The minimum atomic E-state index is -0.780. The molecule has 1 heterocycles. The summed E-state index contributed by atoms with van der Waals surface area (Å²) in [6.07, 6.45) is 2.57. The number of carbonyl (C=O) groups excluding carboxylic acids is 1. The molecule has 0 bridgehead atoms. The van der Waals surface area contributed by atoms with E-state index >= 15 is 0 Å². The molecule has 1 aliphatic heterocycles. The smallest absolute Gasteiger partial charge is 0.185 e. The van der Waals surface area contributed by atoms with E-state index in [9.17, 15) is 13.6 Å². The lowest BCUT2D eigenvalue weighted by Gasteiger charge is -2.22. The molecule has 1 aromatic rings. The Labute approximate surface area is 92.7 Å². The van der Waals surface area contributed by atoms with Gasteiger partial charge in [0, 0.05) is 0 Å². The maximum Gasteiger partial charge on any atom is 0.185 e. The number of halogens is 2.